The third kappa shape index (κ3) is 6.61. The molecule has 4 aliphatic rings. The molecule has 1 saturated heterocycles. The van der Waals surface area contributed by atoms with E-state index in [1.54, 1.807) is 29.7 Å². The maximum Gasteiger partial charge on any atom is 0.481 e. The quantitative estimate of drug-likeness (QED) is 0.0881. The molecule has 1 aliphatic heterocycles. The van der Waals surface area contributed by atoms with Crippen molar-refractivity contribution in [3.63, 3.8) is 0 Å². The SMILES string of the molecule is CC(C)C[C@H](NC(=O)[C@H](Cc1c[nH]c2ccccc12)NC(=O)c1ccc(/C=C/C(=O)NO)cc1)B1O[C@@H]2[C@@H]3C[C@H](C[C@]2(C)O1)C3(C)C. The fourth-order valence-electron chi connectivity index (χ4n) is 7.87. The van der Waals surface area contributed by atoms with Crippen LogP contribution in [-0.2, 0) is 25.3 Å². The summed E-state index contributed by atoms with van der Waals surface area (Å²) in [5, 5.41) is 15.9. The smallest absolute Gasteiger partial charge is 0.404 e. The molecule has 3 aromatic rings. The van der Waals surface area contributed by atoms with Crippen molar-refractivity contribution in [1.29, 1.82) is 0 Å². The van der Waals surface area contributed by atoms with E-state index in [9.17, 15) is 14.4 Å². The van der Waals surface area contributed by atoms with Crippen LogP contribution in [-0.4, -0.2) is 58.7 Å². The molecule has 3 saturated carbocycles. The summed E-state index contributed by atoms with van der Waals surface area (Å²) >= 11 is 0. The van der Waals surface area contributed by atoms with Crippen molar-refractivity contribution >= 4 is 41.8 Å². The van der Waals surface area contributed by atoms with Crippen molar-refractivity contribution in [2.24, 2.45) is 23.2 Å². The van der Waals surface area contributed by atoms with Gasteiger partial charge in [-0.2, -0.15) is 0 Å². The molecule has 2 heterocycles. The summed E-state index contributed by atoms with van der Waals surface area (Å²) in [7, 11) is -0.579. The van der Waals surface area contributed by atoms with E-state index in [2.05, 4.69) is 50.2 Å². The van der Waals surface area contributed by atoms with Crippen LogP contribution in [0.15, 0.2) is 60.8 Å². The number of hydrogen-bond donors (Lipinski definition) is 5. The maximum atomic E-state index is 14.2. The van der Waals surface area contributed by atoms with Crippen LogP contribution >= 0.6 is 0 Å². The molecular formula is C36H45BN4O6. The first-order valence-electron chi connectivity index (χ1n) is 16.6. The van der Waals surface area contributed by atoms with Gasteiger partial charge in [-0.25, -0.2) is 5.48 Å². The number of hydroxylamine groups is 1. The third-order valence-corrected chi connectivity index (χ3v) is 10.6. The zero-order chi connectivity index (χ0) is 33.5. The number of carbonyl (C=O) groups is 3. The Morgan fingerprint density at radius 2 is 1.83 bits per heavy atom. The lowest BCUT2D eigenvalue weighted by atomic mass is 9.45. The molecule has 5 N–H and O–H groups in total. The summed E-state index contributed by atoms with van der Waals surface area (Å²) in [5.74, 6) is -0.454. The van der Waals surface area contributed by atoms with Gasteiger partial charge >= 0.3 is 7.12 Å². The largest absolute Gasteiger partial charge is 0.481 e. The van der Waals surface area contributed by atoms with Crippen molar-refractivity contribution in [2.45, 2.75) is 84.0 Å². The van der Waals surface area contributed by atoms with Crippen molar-refractivity contribution in [3.8, 4) is 0 Å². The number of para-hydroxylation sites is 1. The highest BCUT2D eigenvalue weighted by atomic mass is 16.7. The first-order chi connectivity index (χ1) is 22.4. The molecule has 6 atom stereocenters. The highest BCUT2D eigenvalue weighted by Crippen LogP contribution is 2.64. The Bertz CT molecular complexity index is 1670. The van der Waals surface area contributed by atoms with E-state index in [4.69, 9.17) is 14.5 Å². The Kier molecular flexibility index (Phi) is 9.08. The van der Waals surface area contributed by atoms with Gasteiger partial charge in [0.25, 0.3) is 11.8 Å². The fourth-order valence-corrected chi connectivity index (χ4v) is 7.87. The van der Waals surface area contributed by atoms with Crippen LogP contribution in [0.5, 0.6) is 0 Å². The molecule has 7 rings (SSSR count). The Hall–Kier alpha value is -3.93. The molecular weight excluding hydrogens is 595 g/mol. The molecule has 2 aromatic carbocycles. The van der Waals surface area contributed by atoms with E-state index in [1.807, 2.05) is 30.5 Å². The zero-order valence-corrected chi connectivity index (χ0v) is 27.7. The number of carbonyl (C=O) groups excluding carboxylic acids is 3. The second kappa shape index (κ2) is 12.9. The second-order valence-electron chi connectivity index (χ2n) is 14.7. The van der Waals surface area contributed by atoms with E-state index >= 15 is 0 Å². The van der Waals surface area contributed by atoms with Crippen molar-refractivity contribution in [1.82, 2.24) is 21.1 Å². The lowest BCUT2D eigenvalue weighted by Crippen LogP contribution is -2.63. The van der Waals surface area contributed by atoms with E-state index in [0.717, 1.165) is 29.3 Å². The van der Waals surface area contributed by atoms with E-state index in [1.165, 1.54) is 12.2 Å². The summed E-state index contributed by atoms with van der Waals surface area (Å²) in [6.07, 6.45) is 7.60. The lowest BCUT2D eigenvalue weighted by molar-refractivity contribution is -0.185. The molecule has 0 spiro atoms. The molecule has 3 amide bonds. The van der Waals surface area contributed by atoms with Gasteiger partial charge in [0, 0.05) is 35.2 Å². The molecule has 248 valence electrons. The van der Waals surface area contributed by atoms with E-state index < -0.39 is 30.9 Å². The van der Waals surface area contributed by atoms with Gasteiger partial charge in [0.05, 0.1) is 17.6 Å². The van der Waals surface area contributed by atoms with Crippen LogP contribution in [0.1, 0.15) is 75.4 Å². The minimum absolute atomic E-state index is 0.0170. The number of hydrogen-bond acceptors (Lipinski definition) is 6. The summed E-state index contributed by atoms with van der Waals surface area (Å²) in [6, 6.07) is 13.6. The topological polar surface area (TPSA) is 142 Å². The second-order valence-corrected chi connectivity index (χ2v) is 14.7. The van der Waals surface area contributed by atoms with Gasteiger partial charge < -0.3 is 24.9 Å². The molecule has 4 fully saturated rings. The van der Waals surface area contributed by atoms with Crippen LogP contribution in [0, 0.1) is 23.2 Å². The highest BCUT2D eigenvalue weighted by Gasteiger charge is 2.67. The molecule has 0 unspecified atom stereocenters. The average molecular weight is 641 g/mol. The van der Waals surface area contributed by atoms with Crippen LogP contribution in [0.4, 0.5) is 0 Å². The summed E-state index contributed by atoms with van der Waals surface area (Å²) < 4.78 is 13.4. The maximum absolute atomic E-state index is 14.2. The Balaban J connectivity index is 1.22. The van der Waals surface area contributed by atoms with Gasteiger partial charge in [-0.1, -0.05) is 58.0 Å². The summed E-state index contributed by atoms with van der Waals surface area (Å²) in [6.45, 7) is 11.0. The van der Waals surface area contributed by atoms with Crippen LogP contribution in [0.3, 0.4) is 0 Å². The predicted octanol–water partition coefficient (Wildman–Crippen LogP) is 4.83. The van der Waals surface area contributed by atoms with Gasteiger partial charge in [-0.05, 0) is 84.8 Å². The molecule has 3 aliphatic carbocycles. The number of nitrogens with one attached hydrogen (secondary N) is 4. The molecule has 47 heavy (non-hydrogen) atoms. The van der Waals surface area contributed by atoms with Crippen LogP contribution in [0.2, 0.25) is 0 Å². The number of H-pyrrole nitrogens is 1. The number of fused-ring (bicyclic) bond motifs is 1. The number of benzene rings is 2. The molecule has 1 aromatic heterocycles. The first kappa shape index (κ1) is 33.0. The van der Waals surface area contributed by atoms with Gasteiger partial charge in [0.2, 0.25) is 5.91 Å². The third-order valence-electron chi connectivity index (χ3n) is 10.6. The van der Waals surface area contributed by atoms with Crippen LogP contribution < -0.4 is 16.1 Å². The summed E-state index contributed by atoms with van der Waals surface area (Å²) in [4.78, 5) is 42.4. The number of amides is 3. The first-order valence-corrected chi connectivity index (χ1v) is 16.6. The van der Waals surface area contributed by atoms with Crippen molar-refractivity contribution < 1.29 is 28.9 Å². The minimum Gasteiger partial charge on any atom is -0.404 e. The molecule has 11 heteroatoms. The normalized spacial score (nSPS) is 25.7. The standard InChI is InChI=1S/C36H45BN4O6/c1-21(2)16-30(37-46-32-27-18-25(35(27,3)4)19-36(32,5)47-37)40-34(44)29(17-24-20-38-28-9-7-6-8-26(24)28)39-33(43)23-13-10-22(11-14-23)12-15-31(42)41-45/h6-15,20-21,25,27,29-30,32,38,45H,16-19H2,1-5H3,(H,39,43)(H,40,44)(H,41,42)/b15-12+/t25-,27+,29+,30+,32-,36+/m1/s1. The monoisotopic (exact) mass is 640 g/mol. The van der Waals surface area contributed by atoms with E-state index in [-0.39, 0.29) is 35.4 Å². The summed E-state index contributed by atoms with van der Waals surface area (Å²) in [5.41, 5.74) is 4.28. The molecule has 2 bridgehead atoms. The molecule has 10 nitrogen and oxygen atoms in total. The predicted molar refractivity (Wildman–Crippen MR) is 180 cm³/mol. The number of aromatic amines is 1. The zero-order valence-electron chi connectivity index (χ0n) is 27.7. The van der Waals surface area contributed by atoms with Gasteiger partial charge in [0.15, 0.2) is 0 Å². The fraction of sp³-hybridized carbons (Fsp3) is 0.472. The van der Waals surface area contributed by atoms with Crippen molar-refractivity contribution in [3.05, 3.63) is 77.5 Å². The lowest BCUT2D eigenvalue weighted by Gasteiger charge is -2.63. The van der Waals surface area contributed by atoms with Gasteiger partial charge in [-0.15, -0.1) is 0 Å². The highest BCUT2D eigenvalue weighted by molar-refractivity contribution is 6.48. The average Bonchev–Trinajstić information content (AvgIpc) is 3.63. The molecule has 0 radical (unpaired) electrons. The Labute approximate surface area is 276 Å². The minimum atomic E-state index is -0.879. The Morgan fingerprint density at radius 3 is 2.53 bits per heavy atom. The van der Waals surface area contributed by atoms with E-state index in [0.29, 0.717) is 29.4 Å². The van der Waals surface area contributed by atoms with Crippen molar-refractivity contribution in [2.75, 3.05) is 0 Å². The van der Waals surface area contributed by atoms with Crippen LogP contribution in [0.25, 0.3) is 17.0 Å². The number of aromatic nitrogens is 1. The van der Waals surface area contributed by atoms with Gasteiger partial charge in [0.1, 0.15) is 6.04 Å². The Morgan fingerprint density at radius 1 is 1.09 bits per heavy atom. The van der Waals surface area contributed by atoms with Gasteiger partial charge in [-0.3, -0.25) is 19.6 Å². The number of rotatable bonds is 11.